The molecule has 0 fully saturated rings. The molecular formula is C22H36O5. The van der Waals surface area contributed by atoms with Gasteiger partial charge in [-0.2, -0.15) is 0 Å². The van der Waals surface area contributed by atoms with Crippen LogP contribution in [0.4, 0.5) is 0 Å². The van der Waals surface area contributed by atoms with Gasteiger partial charge in [-0.1, -0.05) is 88.0 Å². The van der Waals surface area contributed by atoms with Gasteiger partial charge in [0.2, 0.25) is 0 Å². The molecule has 0 rings (SSSR count). The summed E-state index contributed by atoms with van der Waals surface area (Å²) in [6.45, 7) is 2.18. The van der Waals surface area contributed by atoms with E-state index in [-0.39, 0.29) is 0 Å². The molecule has 0 saturated carbocycles. The van der Waals surface area contributed by atoms with Gasteiger partial charge in [0.25, 0.3) is 0 Å². The number of allylic oxidation sites excluding steroid dienone is 6. The van der Waals surface area contributed by atoms with Crippen LogP contribution in [0, 0.1) is 0 Å². The molecule has 0 heterocycles. The minimum atomic E-state index is -0.995. The van der Waals surface area contributed by atoms with Crippen molar-refractivity contribution in [3.05, 3.63) is 48.6 Å². The molecule has 0 amide bonds. The molecular weight excluding hydrogens is 344 g/mol. The number of rotatable bonds is 16. The van der Waals surface area contributed by atoms with E-state index in [2.05, 4.69) is 6.92 Å². The molecule has 154 valence electrons. The molecule has 0 saturated heterocycles. The predicted octanol–water partition coefficient (Wildman–Crippen LogP) is 3.91. The van der Waals surface area contributed by atoms with E-state index in [1.807, 2.05) is 0 Å². The van der Waals surface area contributed by atoms with Crippen molar-refractivity contribution in [3.8, 4) is 0 Å². The summed E-state index contributed by atoms with van der Waals surface area (Å²) in [5.41, 5.74) is 0. The minimum absolute atomic E-state index is 0.353. The first kappa shape index (κ1) is 25.3. The Morgan fingerprint density at radius 2 is 1.30 bits per heavy atom. The summed E-state index contributed by atoms with van der Waals surface area (Å²) in [5, 5.41) is 38.2. The largest absolute Gasteiger partial charge is 0.478 e. The third-order valence-corrected chi connectivity index (χ3v) is 4.18. The summed E-state index contributed by atoms with van der Waals surface area (Å²) < 4.78 is 0. The number of aliphatic hydroxyl groups is 3. The second-order valence-corrected chi connectivity index (χ2v) is 6.69. The average Bonchev–Trinajstić information content (AvgIpc) is 2.64. The van der Waals surface area contributed by atoms with Crippen LogP contribution in [-0.2, 0) is 4.79 Å². The van der Waals surface area contributed by atoms with Gasteiger partial charge in [-0.05, 0) is 19.3 Å². The van der Waals surface area contributed by atoms with Crippen LogP contribution >= 0.6 is 0 Å². The van der Waals surface area contributed by atoms with Crippen LogP contribution in [0.1, 0.15) is 64.7 Å². The molecule has 3 unspecified atom stereocenters. The van der Waals surface area contributed by atoms with Crippen LogP contribution in [0.2, 0.25) is 0 Å². The Balaban J connectivity index is 3.88. The highest BCUT2D eigenvalue weighted by Crippen LogP contribution is 2.14. The van der Waals surface area contributed by atoms with Gasteiger partial charge in [0.15, 0.2) is 0 Å². The van der Waals surface area contributed by atoms with Crippen molar-refractivity contribution in [2.24, 2.45) is 0 Å². The zero-order valence-electron chi connectivity index (χ0n) is 16.4. The zero-order valence-corrected chi connectivity index (χ0v) is 16.4. The maximum Gasteiger partial charge on any atom is 0.328 e. The lowest BCUT2D eigenvalue weighted by atomic mass is 10.00. The van der Waals surface area contributed by atoms with E-state index < -0.39 is 24.3 Å². The summed E-state index contributed by atoms with van der Waals surface area (Å²) in [7, 11) is 0. The van der Waals surface area contributed by atoms with E-state index in [1.54, 1.807) is 36.5 Å². The van der Waals surface area contributed by atoms with Gasteiger partial charge in [0, 0.05) is 6.08 Å². The molecule has 0 aliphatic carbocycles. The zero-order chi connectivity index (χ0) is 20.3. The fraction of sp³-hybridized carbons (Fsp3) is 0.591. The second-order valence-electron chi connectivity index (χ2n) is 6.69. The van der Waals surface area contributed by atoms with E-state index in [9.17, 15) is 20.1 Å². The molecule has 4 N–H and O–H groups in total. The third-order valence-electron chi connectivity index (χ3n) is 4.18. The molecule has 0 aromatic heterocycles. The van der Waals surface area contributed by atoms with E-state index in [1.165, 1.54) is 31.8 Å². The van der Waals surface area contributed by atoms with Gasteiger partial charge < -0.3 is 20.4 Å². The maximum atomic E-state index is 10.3. The molecule has 5 heteroatoms. The van der Waals surface area contributed by atoms with Gasteiger partial charge in [0.05, 0.1) is 18.3 Å². The lowest BCUT2D eigenvalue weighted by Gasteiger charge is -2.18. The van der Waals surface area contributed by atoms with Gasteiger partial charge in [-0.3, -0.25) is 0 Å². The smallest absolute Gasteiger partial charge is 0.328 e. The van der Waals surface area contributed by atoms with Crippen molar-refractivity contribution in [3.63, 3.8) is 0 Å². The molecule has 5 nitrogen and oxygen atoms in total. The van der Waals surface area contributed by atoms with Crippen LogP contribution in [0.5, 0.6) is 0 Å². The quantitative estimate of drug-likeness (QED) is 0.185. The fourth-order valence-corrected chi connectivity index (χ4v) is 2.54. The van der Waals surface area contributed by atoms with Crippen LogP contribution in [0.15, 0.2) is 48.6 Å². The normalized spacial score (nSPS) is 16.0. The van der Waals surface area contributed by atoms with Gasteiger partial charge in [-0.15, -0.1) is 0 Å². The number of aliphatic carboxylic acids is 1. The molecule has 0 aliphatic rings. The van der Waals surface area contributed by atoms with Crippen LogP contribution < -0.4 is 0 Å². The molecule has 0 aliphatic heterocycles. The van der Waals surface area contributed by atoms with E-state index in [0.29, 0.717) is 19.3 Å². The summed E-state index contributed by atoms with van der Waals surface area (Å²) >= 11 is 0. The highest BCUT2D eigenvalue weighted by atomic mass is 16.4. The average molecular weight is 381 g/mol. The minimum Gasteiger partial charge on any atom is -0.478 e. The van der Waals surface area contributed by atoms with Crippen LogP contribution in [0.3, 0.4) is 0 Å². The Morgan fingerprint density at radius 3 is 1.96 bits per heavy atom. The molecule has 0 bridgehead atoms. The maximum absolute atomic E-state index is 10.3. The Labute approximate surface area is 163 Å². The van der Waals surface area contributed by atoms with E-state index in [4.69, 9.17) is 5.11 Å². The van der Waals surface area contributed by atoms with Crippen molar-refractivity contribution in [1.29, 1.82) is 0 Å². The lowest BCUT2D eigenvalue weighted by Crippen LogP contribution is -2.26. The Bertz CT molecular complexity index is 479. The molecule has 3 atom stereocenters. The number of carboxylic acid groups (broad SMARTS) is 1. The second kappa shape index (κ2) is 17.7. The summed E-state index contributed by atoms with van der Waals surface area (Å²) in [6.07, 6.45) is 18.5. The highest BCUT2D eigenvalue weighted by molar-refractivity contribution is 5.80. The van der Waals surface area contributed by atoms with E-state index in [0.717, 1.165) is 18.9 Å². The number of hydrogen-bond donors (Lipinski definition) is 4. The van der Waals surface area contributed by atoms with Crippen molar-refractivity contribution >= 4 is 5.97 Å². The first-order valence-electron chi connectivity index (χ1n) is 9.92. The molecule has 0 spiro atoms. The van der Waals surface area contributed by atoms with Crippen molar-refractivity contribution in [1.82, 2.24) is 0 Å². The topological polar surface area (TPSA) is 98.0 Å². The standard InChI is InChI=1S/C22H36O5/c1-2-3-4-5-9-12-15-20(24)21(25)18-17-19(23)14-11-8-6-7-10-13-16-22(26)27/h6-8,10-11,13-14,16,19-21,23-25H,2-5,9,12,15,17-18H2,1H3,(H,26,27). The lowest BCUT2D eigenvalue weighted by molar-refractivity contribution is -0.131. The number of carboxylic acids is 1. The Morgan fingerprint density at radius 1 is 0.741 bits per heavy atom. The van der Waals surface area contributed by atoms with Gasteiger partial charge in [0.1, 0.15) is 0 Å². The van der Waals surface area contributed by atoms with Gasteiger partial charge in [-0.25, -0.2) is 4.79 Å². The first-order valence-corrected chi connectivity index (χ1v) is 9.92. The molecule has 0 radical (unpaired) electrons. The molecule has 27 heavy (non-hydrogen) atoms. The van der Waals surface area contributed by atoms with Crippen molar-refractivity contribution in [2.45, 2.75) is 83.0 Å². The van der Waals surface area contributed by atoms with Crippen LogP contribution in [0.25, 0.3) is 0 Å². The SMILES string of the molecule is CCCCCCCCC(O)C(O)CCC(O)C=CC=CC=CC=CC(=O)O. The molecule has 0 aromatic carbocycles. The number of aliphatic hydroxyl groups excluding tert-OH is 3. The van der Waals surface area contributed by atoms with Crippen molar-refractivity contribution < 1.29 is 25.2 Å². The number of hydrogen-bond acceptors (Lipinski definition) is 4. The summed E-state index contributed by atoms with van der Waals surface area (Å²) in [5.74, 6) is -0.995. The monoisotopic (exact) mass is 380 g/mol. The van der Waals surface area contributed by atoms with Gasteiger partial charge >= 0.3 is 5.97 Å². The Hall–Kier alpha value is -1.69. The molecule has 0 aromatic rings. The van der Waals surface area contributed by atoms with E-state index >= 15 is 0 Å². The number of carbonyl (C=O) groups is 1. The number of unbranched alkanes of at least 4 members (excludes halogenated alkanes) is 5. The first-order chi connectivity index (χ1) is 13.0. The van der Waals surface area contributed by atoms with Crippen molar-refractivity contribution in [2.75, 3.05) is 0 Å². The third kappa shape index (κ3) is 17.5. The predicted molar refractivity (Wildman–Crippen MR) is 109 cm³/mol. The van der Waals surface area contributed by atoms with Crippen LogP contribution in [-0.4, -0.2) is 44.7 Å². The summed E-state index contributed by atoms with van der Waals surface area (Å²) in [4.78, 5) is 10.3. The fourth-order valence-electron chi connectivity index (χ4n) is 2.54. The summed E-state index contributed by atoms with van der Waals surface area (Å²) in [6, 6.07) is 0. The Kier molecular flexibility index (Phi) is 16.6. The highest BCUT2D eigenvalue weighted by Gasteiger charge is 2.16.